The van der Waals surface area contributed by atoms with Gasteiger partial charge in [0.05, 0.1) is 0 Å². The van der Waals surface area contributed by atoms with E-state index in [9.17, 15) is 4.79 Å². The fourth-order valence-electron chi connectivity index (χ4n) is 2.37. The van der Waals surface area contributed by atoms with Crippen LogP contribution in [0.25, 0.3) is 0 Å². The molecule has 1 rings (SSSR count). The molecule has 1 aliphatic heterocycles. The van der Waals surface area contributed by atoms with Gasteiger partial charge >= 0.3 is 0 Å². The molecule has 0 aromatic carbocycles. The van der Waals surface area contributed by atoms with E-state index in [-0.39, 0.29) is 5.92 Å². The van der Waals surface area contributed by atoms with Gasteiger partial charge in [0, 0.05) is 24.5 Å². The topological polar surface area (TPSA) is 32.3 Å². The van der Waals surface area contributed by atoms with Crippen LogP contribution in [0.5, 0.6) is 0 Å². The number of carbonyl (C=O) groups excluding carboxylic acids is 1. The Morgan fingerprint density at radius 2 is 2.20 bits per heavy atom. The summed E-state index contributed by atoms with van der Waals surface area (Å²) < 4.78 is 0. The van der Waals surface area contributed by atoms with Crippen molar-refractivity contribution in [1.82, 2.24) is 10.2 Å². The van der Waals surface area contributed by atoms with Crippen molar-refractivity contribution in [3.8, 4) is 0 Å². The lowest BCUT2D eigenvalue weighted by Gasteiger charge is -2.33. The van der Waals surface area contributed by atoms with Gasteiger partial charge in [0.2, 0.25) is 5.91 Å². The standard InChI is InChI=1S/C12H24N2O/c1-5-14(9(2)3)12(15)11-6-7-13-10(4)8-11/h9-11,13H,5-8H2,1-4H3/t10-,11-/m0/s1. The second-order valence-electron chi connectivity index (χ2n) is 4.79. The van der Waals surface area contributed by atoms with Crippen molar-refractivity contribution in [3.63, 3.8) is 0 Å². The molecular formula is C12H24N2O. The maximum Gasteiger partial charge on any atom is 0.226 e. The number of hydrogen-bond acceptors (Lipinski definition) is 2. The molecule has 15 heavy (non-hydrogen) atoms. The first-order valence-electron chi connectivity index (χ1n) is 6.10. The number of nitrogens with zero attached hydrogens (tertiary/aromatic N) is 1. The third-order valence-corrected chi connectivity index (χ3v) is 3.22. The molecule has 1 fully saturated rings. The number of carbonyl (C=O) groups is 1. The third kappa shape index (κ3) is 3.20. The first-order valence-corrected chi connectivity index (χ1v) is 6.10. The molecule has 0 aliphatic carbocycles. The molecule has 0 aromatic rings. The zero-order valence-corrected chi connectivity index (χ0v) is 10.4. The summed E-state index contributed by atoms with van der Waals surface area (Å²) >= 11 is 0. The molecule has 0 radical (unpaired) electrons. The van der Waals surface area contributed by atoms with Crippen LogP contribution in [-0.4, -0.2) is 36.0 Å². The predicted molar refractivity (Wildman–Crippen MR) is 62.7 cm³/mol. The quantitative estimate of drug-likeness (QED) is 0.771. The average molecular weight is 212 g/mol. The average Bonchev–Trinajstić information content (AvgIpc) is 2.18. The second-order valence-corrected chi connectivity index (χ2v) is 4.79. The van der Waals surface area contributed by atoms with Crippen LogP contribution in [0.2, 0.25) is 0 Å². The number of rotatable bonds is 3. The highest BCUT2D eigenvalue weighted by molar-refractivity contribution is 5.79. The minimum atomic E-state index is 0.239. The Balaban J connectivity index is 2.57. The van der Waals surface area contributed by atoms with Crippen LogP contribution in [0.15, 0.2) is 0 Å². The summed E-state index contributed by atoms with van der Waals surface area (Å²) in [6.07, 6.45) is 1.98. The van der Waals surface area contributed by atoms with Gasteiger partial charge in [-0.3, -0.25) is 4.79 Å². The molecule has 1 saturated heterocycles. The van der Waals surface area contributed by atoms with E-state index in [0.717, 1.165) is 25.9 Å². The van der Waals surface area contributed by atoms with E-state index < -0.39 is 0 Å². The number of amides is 1. The van der Waals surface area contributed by atoms with E-state index >= 15 is 0 Å². The molecule has 0 bridgehead atoms. The molecule has 1 heterocycles. The Bertz CT molecular complexity index is 216. The second kappa shape index (κ2) is 5.50. The van der Waals surface area contributed by atoms with Crippen LogP contribution < -0.4 is 5.32 Å². The molecule has 3 heteroatoms. The van der Waals surface area contributed by atoms with Crippen LogP contribution >= 0.6 is 0 Å². The highest BCUT2D eigenvalue weighted by atomic mass is 16.2. The van der Waals surface area contributed by atoms with E-state index in [0.29, 0.717) is 18.0 Å². The van der Waals surface area contributed by atoms with Gasteiger partial charge in [-0.05, 0) is 47.1 Å². The van der Waals surface area contributed by atoms with Crippen molar-refractivity contribution in [1.29, 1.82) is 0 Å². The van der Waals surface area contributed by atoms with Gasteiger partial charge in [-0.25, -0.2) is 0 Å². The maximum absolute atomic E-state index is 12.2. The maximum atomic E-state index is 12.2. The molecule has 0 unspecified atom stereocenters. The zero-order valence-electron chi connectivity index (χ0n) is 10.4. The van der Waals surface area contributed by atoms with Crippen molar-refractivity contribution >= 4 is 5.91 Å². The lowest BCUT2D eigenvalue weighted by molar-refractivity contribution is -0.138. The molecule has 0 spiro atoms. The van der Waals surface area contributed by atoms with Gasteiger partial charge in [0.1, 0.15) is 0 Å². The van der Waals surface area contributed by atoms with Gasteiger partial charge in [0.15, 0.2) is 0 Å². The third-order valence-electron chi connectivity index (χ3n) is 3.22. The van der Waals surface area contributed by atoms with Crippen molar-refractivity contribution in [2.45, 2.75) is 52.6 Å². The van der Waals surface area contributed by atoms with Gasteiger partial charge in [0.25, 0.3) is 0 Å². The molecule has 1 amide bonds. The Morgan fingerprint density at radius 1 is 1.53 bits per heavy atom. The van der Waals surface area contributed by atoms with Crippen LogP contribution in [0.1, 0.15) is 40.5 Å². The molecule has 2 atom stereocenters. The Hall–Kier alpha value is -0.570. The van der Waals surface area contributed by atoms with Crippen LogP contribution in [0.3, 0.4) is 0 Å². The summed E-state index contributed by atoms with van der Waals surface area (Å²) in [7, 11) is 0. The van der Waals surface area contributed by atoms with Crippen molar-refractivity contribution in [2.75, 3.05) is 13.1 Å². The van der Waals surface area contributed by atoms with Gasteiger partial charge < -0.3 is 10.2 Å². The van der Waals surface area contributed by atoms with E-state index in [2.05, 4.69) is 33.0 Å². The van der Waals surface area contributed by atoms with Crippen molar-refractivity contribution in [3.05, 3.63) is 0 Å². The first kappa shape index (κ1) is 12.5. The summed E-state index contributed by atoms with van der Waals surface area (Å²) in [6.45, 7) is 10.2. The molecule has 1 N–H and O–H groups in total. The summed E-state index contributed by atoms with van der Waals surface area (Å²) in [6, 6.07) is 0.811. The molecule has 1 aliphatic rings. The Labute approximate surface area is 93.2 Å². The van der Waals surface area contributed by atoms with Gasteiger partial charge in [-0.2, -0.15) is 0 Å². The smallest absolute Gasteiger partial charge is 0.226 e. The number of hydrogen-bond donors (Lipinski definition) is 1. The highest BCUT2D eigenvalue weighted by Crippen LogP contribution is 2.19. The number of nitrogens with one attached hydrogen (secondary N) is 1. The zero-order chi connectivity index (χ0) is 11.4. The van der Waals surface area contributed by atoms with E-state index in [4.69, 9.17) is 0 Å². The minimum Gasteiger partial charge on any atom is -0.340 e. The highest BCUT2D eigenvalue weighted by Gasteiger charge is 2.28. The number of piperidine rings is 1. The fourth-order valence-corrected chi connectivity index (χ4v) is 2.37. The monoisotopic (exact) mass is 212 g/mol. The first-order chi connectivity index (χ1) is 7.06. The lowest BCUT2D eigenvalue weighted by Crippen LogP contribution is -2.46. The Kier molecular flexibility index (Phi) is 4.58. The summed E-state index contributed by atoms with van der Waals surface area (Å²) in [4.78, 5) is 14.2. The van der Waals surface area contributed by atoms with E-state index in [1.165, 1.54) is 0 Å². The van der Waals surface area contributed by atoms with Gasteiger partial charge in [-0.15, -0.1) is 0 Å². The van der Waals surface area contributed by atoms with Crippen molar-refractivity contribution < 1.29 is 4.79 Å². The van der Waals surface area contributed by atoms with Gasteiger partial charge in [-0.1, -0.05) is 0 Å². The summed E-state index contributed by atoms with van der Waals surface area (Å²) in [5.41, 5.74) is 0. The van der Waals surface area contributed by atoms with E-state index in [1.54, 1.807) is 0 Å². The largest absolute Gasteiger partial charge is 0.340 e. The lowest BCUT2D eigenvalue weighted by atomic mass is 9.91. The fraction of sp³-hybridized carbons (Fsp3) is 0.917. The molecule has 0 aromatic heterocycles. The molecule has 3 nitrogen and oxygen atoms in total. The molecule has 0 saturated carbocycles. The van der Waals surface area contributed by atoms with Crippen LogP contribution in [0.4, 0.5) is 0 Å². The van der Waals surface area contributed by atoms with Crippen LogP contribution in [0, 0.1) is 5.92 Å². The molecular weight excluding hydrogens is 188 g/mol. The summed E-state index contributed by atoms with van der Waals surface area (Å²) in [5, 5.41) is 3.38. The SMILES string of the molecule is CCN(C(=O)[C@H]1CCN[C@@H](C)C1)C(C)C. The predicted octanol–water partition coefficient (Wildman–Crippen LogP) is 1.63. The normalized spacial score (nSPS) is 26.7. The van der Waals surface area contributed by atoms with E-state index in [1.807, 2.05) is 4.90 Å². The summed E-state index contributed by atoms with van der Waals surface area (Å²) in [5.74, 6) is 0.587. The van der Waals surface area contributed by atoms with Crippen molar-refractivity contribution in [2.24, 2.45) is 5.92 Å². The minimum absolute atomic E-state index is 0.239. The Morgan fingerprint density at radius 3 is 2.67 bits per heavy atom. The van der Waals surface area contributed by atoms with Crippen LogP contribution in [-0.2, 0) is 4.79 Å². The molecule has 88 valence electrons.